The molecular weight excluding hydrogens is 300 g/mol. The number of benzene rings is 1. The van der Waals surface area contributed by atoms with Gasteiger partial charge in [-0.25, -0.2) is 0 Å². The number of aromatic nitrogens is 1. The second-order valence-electron chi connectivity index (χ2n) is 4.87. The highest BCUT2D eigenvalue weighted by atomic mass is 16.3. The maximum Gasteiger partial charge on any atom is 0.268 e. The molecule has 0 spiro atoms. The van der Waals surface area contributed by atoms with Crippen LogP contribution in [0.1, 0.15) is 20.8 Å². The highest BCUT2D eigenvalue weighted by Crippen LogP contribution is 2.21. The van der Waals surface area contributed by atoms with Crippen molar-refractivity contribution in [1.82, 2.24) is 15.6 Å². The predicted molar refractivity (Wildman–Crippen MR) is 83.9 cm³/mol. The van der Waals surface area contributed by atoms with Crippen LogP contribution in [0.2, 0.25) is 0 Å². The molecule has 0 aliphatic rings. The molecule has 23 heavy (non-hydrogen) atoms. The summed E-state index contributed by atoms with van der Waals surface area (Å²) >= 11 is 0. The number of rotatable bonds is 6. The van der Waals surface area contributed by atoms with Crippen LogP contribution in [0.4, 0.5) is 0 Å². The third-order valence-corrected chi connectivity index (χ3v) is 3.14. The molecule has 0 saturated carbocycles. The van der Waals surface area contributed by atoms with Gasteiger partial charge in [-0.3, -0.25) is 15.0 Å². The van der Waals surface area contributed by atoms with Crippen molar-refractivity contribution in [3.63, 3.8) is 0 Å². The predicted octanol–water partition coefficient (Wildman–Crippen LogP) is -1.36. The Bertz CT molecular complexity index is 754. The fourth-order valence-electron chi connectivity index (χ4n) is 2.10. The van der Waals surface area contributed by atoms with Crippen LogP contribution >= 0.6 is 0 Å². The number of carbonyl (C=O) groups is 2. The number of guanidine groups is 1. The number of hydrogen-bond donors (Lipinski definition) is 7. The standard InChI is InChI=1S/C14H17N6O3/c15-12(22)10-8-3-1-2-4-9(8)20-11(10)13(23)18-5-7(21)6-19-14(16)17/h2-4,7,20-21H,5-6H2,(H2,15,22)(H,18,23)(H4,16,17,19). The zero-order valence-electron chi connectivity index (χ0n) is 12.1. The van der Waals surface area contributed by atoms with Crippen LogP contribution in [-0.2, 0) is 0 Å². The van der Waals surface area contributed by atoms with Crippen molar-refractivity contribution in [3.8, 4) is 0 Å². The third-order valence-electron chi connectivity index (χ3n) is 3.14. The van der Waals surface area contributed by atoms with Crippen LogP contribution < -0.4 is 22.1 Å². The van der Waals surface area contributed by atoms with E-state index in [1.54, 1.807) is 18.2 Å². The van der Waals surface area contributed by atoms with Crippen LogP contribution in [0, 0.1) is 11.5 Å². The molecule has 0 fully saturated rings. The lowest BCUT2D eigenvalue weighted by Crippen LogP contribution is -2.42. The zero-order valence-corrected chi connectivity index (χ0v) is 12.1. The molecule has 2 aromatic rings. The van der Waals surface area contributed by atoms with Gasteiger partial charge in [0.25, 0.3) is 11.8 Å². The second-order valence-corrected chi connectivity index (χ2v) is 4.87. The van der Waals surface area contributed by atoms with Gasteiger partial charge in [-0.2, -0.15) is 0 Å². The van der Waals surface area contributed by atoms with Crippen molar-refractivity contribution < 1.29 is 14.7 Å². The summed E-state index contributed by atoms with van der Waals surface area (Å²) in [6, 6.07) is 7.70. The quantitative estimate of drug-likeness (QED) is 0.257. The highest BCUT2D eigenvalue weighted by Gasteiger charge is 2.21. The number of carbonyl (C=O) groups excluding carboxylic acids is 2. The first kappa shape index (κ1) is 16.3. The Morgan fingerprint density at radius 3 is 2.70 bits per heavy atom. The van der Waals surface area contributed by atoms with Crippen molar-refractivity contribution in [1.29, 1.82) is 5.41 Å². The van der Waals surface area contributed by atoms with Crippen molar-refractivity contribution in [2.45, 2.75) is 6.10 Å². The number of nitrogens with two attached hydrogens (primary N) is 2. The number of aliphatic hydroxyl groups is 1. The SMILES string of the molecule is N=C(N)NCC(O)CNC(=O)c1[nH]c2cc[c]cc2c1C(N)=O. The van der Waals surface area contributed by atoms with Crippen LogP contribution in [0.5, 0.6) is 0 Å². The van der Waals surface area contributed by atoms with Gasteiger partial charge < -0.3 is 32.2 Å². The minimum Gasteiger partial charge on any atom is -0.389 e. The molecule has 1 radical (unpaired) electrons. The maximum atomic E-state index is 12.2. The van der Waals surface area contributed by atoms with E-state index in [1.807, 2.05) is 0 Å². The highest BCUT2D eigenvalue weighted by molar-refractivity contribution is 6.14. The van der Waals surface area contributed by atoms with E-state index in [0.29, 0.717) is 10.9 Å². The van der Waals surface area contributed by atoms with Gasteiger partial charge >= 0.3 is 0 Å². The van der Waals surface area contributed by atoms with Gasteiger partial charge in [0, 0.05) is 24.0 Å². The van der Waals surface area contributed by atoms with E-state index < -0.39 is 17.9 Å². The van der Waals surface area contributed by atoms with Gasteiger partial charge in [0.05, 0.1) is 11.7 Å². The molecule has 2 amide bonds. The number of amides is 2. The van der Waals surface area contributed by atoms with Crippen LogP contribution in [-0.4, -0.2) is 47.1 Å². The normalized spacial score (nSPS) is 11.9. The number of H-pyrrole nitrogens is 1. The van der Waals surface area contributed by atoms with Crippen molar-refractivity contribution in [3.05, 3.63) is 35.5 Å². The van der Waals surface area contributed by atoms with Gasteiger partial charge in [0.2, 0.25) is 0 Å². The molecule has 1 unspecified atom stereocenters. The van der Waals surface area contributed by atoms with Gasteiger partial charge in [-0.05, 0) is 18.2 Å². The number of hydrogen-bond acceptors (Lipinski definition) is 4. The number of nitrogens with one attached hydrogen (secondary N) is 4. The minimum absolute atomic E-state index is 0.0138. The molecule has 1 heterocycles. The summed E-state index contributed by atoms with van der Waals surface area (Å²) in [4.78, 5) is 26.7. The summed E-state index contributed by atoms with van der Waals surface area (Å²) < 4.78 is 0. The lowest BCUT2D eigenvalue weighted by Gasteiger charge is -2.12. The molecule has 0 bridgehead atoms. The summed E-state index contributed by atoms with van der Waals surface area (Å²) in [6.07, 6.45) is -0.947. The van der Waals surface area contributed by atoms with Crippen LogP contribution in [0.15, 0.2) is 18.2 Å². The lowest BCUT2D eigenvalue weighted by atomic mass is 10.1. The molecule has 1 aromatic heterocycles. The first-order valence-electron chi connectivity index (χ1n) is 6.76. The molecule has 2 rings (SSSR count). The van der Waals surface area contributed by atoms with Crippen molar-refractivity contribution in [2.75, 3.05) is 13.1 Å². The minimum atomic E-state index is -0.947. The molecule has 0 saturated heterocycles. The average molecular weight is 317 g/mol. The maximum absolute atomic E-state index is 12.2. The van der Waals surface area contributed by atoms with Gasteiger partial charge in [0.1, 0.15) is 5.69 Å². The Balaban J connectivity index is 2.13. The van der Waals surface area contributed by atoms with Gasteiger partial charge in [-0.1, -0.05) is 6.07 Å². The van der Waals surface area contributed by atoms with Crippen molar-refractivity contribution >= 4 is 28.7 Å². The number of fused-ring (bicyclic) bond motifs is 1. The Kier molecular flexibility index (Phi) is 4.82. The molecular formula is C14H17N6O3. The van der Waals surface area contributed by atoms with E-state index in [1.165, 1.54) is 0 Å². The molecule has 9 nitrogen and oxygen atoms in total. The molecule has 0 aliphatic heterocycles. The summed E-state index contributed by atoms with van der Waals surface area (Å²) in [5.41, 5.74) is 11.1. The molecule has 9 N–H and O–H groups in total. The largest absolute Gasteiger partial charge is 0.389 e. The topological polar surface area (TPSA) is 170 Å². The van der Waals surface area contributed by atoms with Crippen LogP contribution in [0.25, 0.3) is 10.9 Å². The second kappa shape index (κ2) is 6.79. The van der Waals surface area contributed by atoms with Gasteiger partial charge in [0.15, 0.2) is 5.96 Å². The number of primary amides is 1. The number of aromatic amines is 1. The summed E-state index contributed by atoms with van der Waals surface area (Å²) in [5, 5.41) is 22.1. The monoisotopic (exact) mass is 317 g/mol. The van der Waals surface area contributed by atoms with Crippen LogP contribution in [0.3, 0.4) is 0 Å². The fraction of sp³-hybridized carbons (Fsp3) is 0.214. The molecule has 1 atom stereocenters. The number of aliphatic hydroxyl groups excluding tert-OH is 1. The van der Waals surface area contributed by atoms with E-state index in [4.69, 9.17) is 16.9 Å². The summed E-state index contributed by atoms with van der Waals surface area (Å²) in [5.74, 6) is -1.59. The third kappa shape index (κ3) is 3.77. The van der Waals surface area contributed by atoms with Crippen molar-refractivity contribution in [2.24, 2.45) is 11.5 Å². The Hall–Kier alpha value is -3.07. The molecule has 9 heteroatoms. The first-order chi connectivity index (χ1) is 10.9. The molecule has 0 aliphatic carbocycles. The Labute approximate surface area is 131 Å². The van der Waals surface area contributed by atoms with E-state index in [2.05, 4.69) is 21.7 Å². The van der Waals surface area contributed by atoms with E-state index in [9.17, 15) is 14.7 Å². The Morgan fingerprint density at radius 1 is 1.35 bits per heavy atom. The lowest BCUT2D eigenvalue weighted by molar-refractivity contribution is 0.0903. The van der Waals surface area contributed by atoms with E-state index in [-0.39, 0.29) is 30.3 Å². The molecule has 121 valence electrons. The first-order valence-corrected chi connectivity index (χ1v) is 6.76. The summed E-state index contributed by atoms with van der Waals surface area (Å²) in [7, 11) is 0. The zero-order chi connectivity index (χ0) is 17.0. The van der Waals surface area contributed by atoms with E-state index >= 15 is 0 Å². The van der Waals surface area contributed by atoms with Gasteiger partial charge in [-0.15, -0.1) is 0 Å². The van der Waals surface area contributed by atoms with E-state index in [0.717, 1.165) is 0 Å². The average Bonchev–Trinajstić information content (AvgIpc) is 2.90. The summed E-state index contributed by atoms with van der Waals surface area (Å²) in [6.45, 7) is -0.0707. The Morgan fingerprint density at radius 2 is 2.04 bits per heavy atom. The smallest absolute Gasteiger partial charge is 0.268 e. The fourth-order valence-corrected chi connectivity index (χ4v) is 2.10. The molecule has 1 aromatic carbocycles.